The molecule has 1 aromatic rings. The lowest BCUT2D eigenvalue weighted by Crippen LogP contribution is -2.34. The highest BCUT2D eigenvalue weighted by atomic mass is 35.5. The first-order valence-electron chi connectivity index (χ1n) is 5.68. The van der Waals surface area contributed by atoms with Gasteiger partial charge in [-0.05, 0) is 38.0 Å². The molecule has 0 atom stereocenters. The number of hydrogen-bond donors (Lipinski definition) is 1. The summed E-state index contributed by atoms with van der Waals surface area (Å²) >= 11 is 5.81. The fourth-order valence-corrected chi connectivity index (χ4v) is 2.09. The van der Waals surface area contributed by atoms with Gasteiger partial charge in [0.1, 0.15) is 5.82 Å². The minimum Gasteiger partial charge on any atom is -0.369 e. The number of aryl methyl sites for hydroxylation is 1. The summed E-state index contributed by atoms with van der Waals surface area (Å²) in [4.78, 5) is 10.4. The second-order valence-corrected chi connectivity index (χ2v) is 5.76. The van der Waals surface area contributed by atoms with Crippen LogP contribution in [-0.4, -0.2) is 42.1 Å². The molecule has 1 heterocycles. The van der Waals surface area contributed by atoms with Crippen molar-refractivity contribution in [2.75, 3.05) is 32.5 Å². The Morgan fingerprint density at radius 3 is 2.53 bits per heavy atom. The van der Waals surface area contributed by atoms with Gasteiger partial charge >= 0.3 is 0 Å². The second kappa shape index (κ2) is 5.65. The number of halogens is 1. The second-order valence-electron chi connectivity index (χ2n) is 5.42. The van der Waals surface area contributed by atoms with Gasteiger partial charge in [0.2, 0.25) is 5.28 Å². The summed E-state index contributed by atoms with van der Waals surface area (Å²) in [5, 5.41) is 3.60. The normalized spacial score (nSPS) is 11.9. The van der Waals surface area contributed by atoms with Crippen LogP contribution in [0.1, 0.15) is 19.5 Å². The van der Waals surface area contributed by atoms with Gasteiger partial charge in [-0.15, -0.1) is 0 Å². The third-order valence-electron chi connectivity index (χ3n) is 2.32. The first-order chi connectivity index (χ1) is 7.78. The zero-order chi connectivity index (χ0) is 13.1. The topological polar surface area (TPSA) is 41.0 Å². The van der Waals surface area contributed by atoms with E-state index < -0.39 is 0 Å². The summed E-state index contributed by atoms with van der Waals surface area (Å²) in [6.07, 6.45) is 0. The first kappa shape index (κ1) is 14.2. The molecule has 17 heavy (non-hydrogen) atoms. The Morgan fingerprint density at radius 1 is 1.35 bits per heavy atom. The van der Waals surface area contributed by atoms with Crippen molar-refractivity contribution < 1.29 is 0 Å². The SMILES string of the molecule is Cc1cc(NCC(C)(C)CN(C)C)nc(Cl)n1. The van der Waals surface area contributed by atoms with Gasteiger partial charge in [-0.3, -0.25) is 0 Å². The van der Waals surface area contributed by atoms with Crippen molar-refractivity contribution in [3.63, 3.8) is 0 Å². The minimum absolute atomic E-state index is 0.175. The van der Waals surface area contributed by atoms with Crippen molar-refractivity contribution >= 4 is 17.4 Å². The van der Waals surface area contributed by atoms with Crippen molar-refractivity contribution in [2.24, 2.45) is 5.41 Å². The van der Waals surface area contributed by atoms with Crippen LogP contribution < -0.4 is 5.32 Å². The zero-order valence-corrected chi connectivity index (χ0v) is 12.0. The van der Waals surface area contributed by atoms with E-state index >= 15 is 0 Å². The third kappa shape index (κ3) is 5.33. The van der Waals surface area contributed by atoms with Crippen LogP contribution in [0.25, 0.3) is 0 Å². The fourth-order valence-electron chi connectivity index (χ4n) is 1.86. The molecule has 1 rings (SSSR count). The molecular weight excluding hydrogens is 236 g/mol. The van der Waals surface area contributed by atoms with Gasteiger partial charge < -0.3 is 10.2 Å². The number of aromatic nitrogens is 2. The number of hydrogen-bond acceptors (Lipinski definition) is 4. The highest BCUT2D eigenvalue weighted by molar-refractivity contribution is 6.28. The van der Waals surface area contributed by atoms with Crippen molar-refractivity contribution in [3.05, 3.63) is 17.0 Å². The summed E-state index contributed by atoms with van der Waals surface area (Å²) in [7, 11) is 4.15. The molecule has 96 valence electrons. The first-order valence-corrected chi connectivity index (χ1v) is 6.06. The Morgan fingerprint density at radius 2 is 2.00 bits per heavy atom. The molecule has 1 N–H and O–H groups in total. The minimum atomic E-state index is 0.175. The molecule has 5 heteroatoms. The lowest BCUT2D eigenvalue weighted by atomic mass is 9.93. The third-order valence-corrected chi connectivity index (χ3v) is 2.49. The van der Waals surface area contributed by atoms with Gasteiger partial charge in [0.05, 0.1) is 0 Å². The van der Waals surface area contributed by atoms with Crippen LogP contribution >= 0.6 is 11.6 Å². The molecule has 1 aromatic heterocycles. The van der Waals surface area contributed by atoms with Crippen LogP contribution in [-0.2, 0) is 0 Å². The van der Waals surface area contributed by atoms with Crippen LogP contribution in [0.15, 0.2) is 6.07 Å². The molecule has 0 saturated carbocycles. The number of rotatable bonds is 5. The van der Waals surface area contributed by atoms with E-state index in [-0.39, 0.29) is 10.7 Å². The standard InChI is InChI=1S/C12H21ClN4/c1-9-6-10(16-11(13)15-9)14-7-12(2,3)8-17(4)5/h6H,7-8H2,1-5H3,(H,14,15,16). The summed E-state index contributed by atoms with van der Waals surface area (Å²) in [5.41, 5.74) is 1.05. The van der Waals surface area contributed by atoms with Crippen LogP contribution in [0, 0.1) is 12.3 Å². The van der Waals surface area contributed by atoms with E-state index in [1.807, 2.05) is 13.0 Å². The maximum atomic E-state index is 5.81. The molecule has 4 nitrogen and oxygen atoms in total. The van der Waals surface area contributed by atoms with Crippen LogP contribution in [0.3, 0.4) is 0 Å². The highest BCUT2D eigenvalue weighted by Crippen LogP contribution is 2.17. The van der Waals surface area contributed by atoms with E-state index in [1.165, 1.54) is 0 Å². The summed E-state index contributed by atoms with van der Waals surface area (Å²) in [6, 6.07) is 1.90. The van der Waals surface area contributed by atoms with Crippen molar-refractivity contribution in [1.29, 1.82) is 0 Å². The Hall–Kier alpha value is -0.870. The monoisotopic (exact) mass is 256 g/mol. The van der Waals surface area contributed by atoms with Gasteiger partial charge in [-0.1, -0.05) is 13.8 Å². The Balaban J connectivity index is 2.60. The molecule has 0 amide bonds. The molecule has 0 aliphatic heterocycles. The summed E-state index contributed by atoms with van der Waals surface area (Å²) in [6.45, 7) is 8.20. The lowest BCUT2D eigenvalue weighted by molar-refractivity contribution is 0.254. The van der Waals surface area contributed by atoms with Gasteiger partial charge in [0, 0.05) is 24.8 Å². The van der Waals surface area contributed by atoms with E-state index in [2.05, 4.69) is 48.1 Å². The quantitative estimate of drug-likeness (QED) is 0.822. The molecule has 0 radical (unpaired) electrons. The van der Waals surface area contributed by atoms with Gasteiger partial charge in [-0.2, -0.15) is 0 Å². The van der Waals surface area contributed by atoms with Crippen LogP contribution in [0.5, 0.6) is 0 Å². The molecular formula is C12H21ClN4. The van der Waals surface area contributed by atoms with Crippen LogP contribution in [0.4, 0.5) is 5.82 Å². The maximum Gasteiger partial charge on any atom is 0.224 e. The number of nitrogens with zero attached hydrogens (tertiary/aromatic N) is 3. The van der Waals surface area contributed by atoms with Crippen LogP contribution in [0.2, 0.25) is 5.28 Å². The lowest BCUT2D eigenvalue weighted by Gasteiger charge is -2.28. The van der Waals surface area contributed by atoms with E-state index in [9.17, 15) is 0 Å². The molecule has 0 unspecified atom stereocenters. The molecule has 0 spiro atoms. The Labute approximate surface area is 108 Å². The zero-order valence-electron chi connectivity index (χ0n) is 11.2. The molecule has 0 bridgehead atoms. The number of nitrogens with one attached hydrogen (secondary N) is 1. The van der Waals surface area contributed by atoms with E-state index in [0.29, 0.717) is 0 Å². The smallest absolute Gasteiger partial charge is 0.224 e. The predicted octanol–water partition coefficient (Wildman–Crippen LogP) is 2.44. The fraction of sp³-hybridized carbons (Fsp3) is 0.667. The van der Waals surface area contributed by atoms with Crippen molar-refractivity contribution in [2.45, 2.75) is 20.8 Å². The molecule has 0 aromatic carbocycles. The number of anilines is 1. The van der Waals surface area contributed by atoms with E-state index in [0.717, 1.165) is 24.6 Å². The average Bonchev–Trinajstić information content (AvgIpc) is 2.11. The summed E-state index contributed by atoms with van der Waals surface area (Å²) in [5.74, 6) is 0.786. The highest BCUT2D eigenvalue weighted by Gasteiger charge is 2.18. The van der Waals surface area contributed by atoms with Crippen molar-refractivity contribution in [1.82, 2.24) is 14.9 Å². The summed E-state index contributed by atoms with van der Waals surface area (Å²) < 4.78 is 0. The average molecular weight is 257 g/mol. The van der Waals surface area contributed by atoms with Gasteiger partial charge in [0.25, 0.3) is 0 Å². The van der Waals surface area contributed by atoms with Gasteiger partial charge in [-0.25, -0.2) is 9.97 Å². The van der Waals surface area contributed by atoms with Crippen molar-refractivity contribution in [3.8, 4) is 0 Å². The molecule has 0 aliphatic rings. The molecule has 0 saturated heterocycles. The maximum absolute atomic E-state index is 5.81. The van der Waals surface area contributed by atoms with E-state index in [1.54, 1.807) is 0 Å². The Bertz CT molecular complexity index is 357. The molecule has 0 aliphatic carbocycles. The Kier molecular flexibility index (Phi) is 4.71. The largest absolute Gasteiger partial charge is 0.369 e. The van der Waals surface area contributed by atoms with Gasteiger partial charge in [0.15, 0.2) is 0 Å². The predicted molar refractivity (Wildman–Crippen MR) is 72.6 cm³/mol. The van der Waals surface area contributed by atoms with E-state index in [4.69, 9.17) is 11.6 Å². The molecule has 0 fully saturated rings.